The number of halogens is 2. The standard InChI is InChI=1S/C23H22F2N6O3/c1-23(13-10-28-30(2)11-13,20-5-3-4-17(29-20)21(26)32)12-31-18(22(27)33)9-19(34-31)15-7-6-14(24)8-16(15)25/h3-11,18H,12H2,1-2H3,(H2,26,32)(H2,27,33). The van der Waals surface area contributed by atoms with Crippen molar-refractivity contribution >= 4 is 17.6 Å². The van der Waals surface area contributed by atoms with E-state index in [4.69, 9.17) is 16.3 Å². The van der Waals surface area contributed by atoms with Crippen molar-refractivity contribution in [2.45, 2.75) is 18.4 Å². The SMILES string of the molecule is Cn1cc(C(C)(CN2OC(c3ccc(F)cc3F)=CC2C(N)=O)c2cccc(C(N)=O)n2)cn1. The lowest BCUT2D eigenvalue weighted by Crippen LogP contribution is -2.47. The zero-order valence-corrected chi connectivity index (χ0v) is 18.4. The van der Waals surface area contributed by atoms with Crippen LogP contribution in [0.25, 0.3) is 5.76 Å². The van der Waals surface area contributed by atoms with Gasteiger partial charge in [0.05, 0.1) is 29.4 Å². The quantitative estimate of drug-likeness (QED) is 0.542. The van der Waals surface area contributed by atoms with E-state index in [9.17, 15) is 18.4 Å². The van der Waals surface area contributed by atoms with Gasteiger partial charge in [0.25, 0.3) is 5.91 Å². The number of nitrogens with zero attached hydrogens (tertiary/aromatic N) is 4. The molecule has 34 heavy (non-hydrogen) atoms. The summed E-state index contributed by atoms with van der Waals surface area (Å²) in [7, 11) is 1.74. The maximum absolute atomic E-state index is 14.4. The molecular weight excluding hydrogens is 446 g/mol. The van der Waals surface area contributed by atoms with Crippen LogP contribution in [0.5, 0.6) is 0 Å². The minimum Gasteiger partial charge on any atom is -0.404 e. The molecule has 2 amide bonds. The Hall–Kier alpha value is -4.12. The minimum absolute atomic E-state index is 0.0182. The van der Waals surface area contributed by atoms with Crippen LogP contribution in [0.2, 0.25) is 0 Å². The van der Waals surface area contributed by atoms with E-state index < -0.39 is 34.9 Å². The summed E-state index contributed by atoms with van der Waals surface area (Å²) in [4.78, 5) is 34.2. The van der Waals surface area contributed by atoms with Crippen molar-refractivity contribution in [1.82, 2.24) is 19.8 Å². The second kappa shape index (κ2) is 8.67. The van der Waals surface area contributed by atoms with Crippen molar-refractivity contribution in [3.8, 4) is 0 Å². The predicted molar refractivity (Wildman–Crippen MR) is 118 cm³/mol. The molecule has 2 aromatic heterocycles. The molecule has 0 bridgehead atoms. The average Bonchev–Trinajstić information content (AvgIpc) is 3.40. The molecule has 1 aromatic carbocycles. The molecule has 2 atom stereocenters. The highest BCUT2D eigenvalue weighted by atomic mass is 19.1. The lowest BCUT2D eigenvalue weighted by atomic mass is 9.80. The maximum atomic E-state index is 14.4. The highest BCUT2D eigenvalue weighted by Crippen LogP contribution is 2.36. The number of hydrogen-bond donors (Lipinski definition) is 2. The normalized spacial score (nSPS) is 17.6. The van der Waals surface area contributed by atoms with E-state index in [2.05, 4.69) is 10.1 Å². The van der Waals surface area contributed by atoms with Gasteiger partial charge in [0.2, 0.25) is 5.91 Å². The molecule has 0 fully saturated rings. The Morgan fingerprint density at radius 1 is 1.21 bits per heavy atom. The fourth-order valence-electron chi connectivity index (χ4n) is 3.84. The highest BCUT2D eigenvalue weighted by Gasteiger charge is 2.41. The van der Waals surface area contributed by atoms with Gasteiger partial charge in [0, 0.05) is 24.9 Å². The zero-order valence-electron chi connectivity index (χ0n) is 18.4. The Bertz CT molecular complexity index is 1310. The Balaban J connectivity index is 1.75. The number of nitrogens with two attached hydrogens (primary N) is 2. The molecule has 1 aliphatic rings. The molecule has 9 nitrogen and oxygen atoms in total. The number of benzene rings is 1. The second-order valence-electron chi connectivity index (χ2n) is 8.18. The molecular formula is C23H22F2N6O3. The summed E-state index contributed by atoms with van der Waals surface area (Å²) in [5.74, 6) is -2.99. The monoisotopic (exact) mass is 468 g/mol. The number of aryl methyl sites for hydroxylation is 1. The average molecular weight is 468 g/mol. The summed E-state index contributed by atoms with van der Waals surface area (Å²) in [6.45, 7) is 1.85. The predicted octanol–water partition coefficient (Wildman–Crippen LogP) is 1.64. The number of pyridine rings is 1. The van der Waals surface area contributed by atoms with Gasteiger partial charge in [0.15, 0.2) is 5.76 Å². The second-order valence-corrected chi connectivity index (χ2v) is 8.18. The molecule has 11 heteroatoms. The number of carbonyl (C=O) groups excluding carboxylic acids is 2. The van der Waals surface area contributed by atoms with Crippen LogP contribution in [0.3, 0.4) is 0 Å². The van der Waals surface area contributed by atoms with Crippen LogP contribution in [-0.2, 0) is 22.1 Å². The van der Waals surface area contributed by atoms with Crippen molar-refractivity contribution < 1.29 is 23.2 Å². The van der Waals surface area contributed by atoms with Gasteiger partial charge in [-0.15, -0.1) is 5.06 Å². The summed E-state index contributed by atoms with van der Waals surface area (Å²) in [5, 5.41) is 5.52. The van der Waals surface area contributed by atoms with E-state index in [0.29, 0.717) is 11.3 Å². The molecule has 4 rings (SSSR count). The molecule has 0 saturated heterocycles. The molecule has 0 radical (unpaired) electrons. The maximum Gasteiger partial charge on any atom is 0.267 e. The first-order valence-electron chi connectivity index (χ1n) is 10.3. The van der Waals surface area contributed by atoms with Gasteiger partial charge in [-0.1, -0.05) is 6.07 Å². The molecule has 3 aromatic rings. The number of carbonyl (C=O) groups is 2. The number of hydrogen-bond acceptors (Lipinski definition) is 6. The molecule has 2 unspecified atom stereocenters. The van der Waals surface area contributed by atoms with Gasteiger partial charge >= 0.3 is 0 Å². The number of rotatable bonds is 7. The van der Waals surface area contributed by atoms with Crippen molar-refractivity contribution in [3.63, 3.8) is 0 Å². The molecule has 3 heterocycles. The molecule has 4 N–H and O–H groups in total. The van der Waals surface area contributed by atoms with E-state index in [-0.39, 0.29) is 23.6 Å². The summed E-state index contributed by atoms with van der Waals surface area (Å²) in [6.07, 6.45) is 4.76. The molecule has 176 valence electrons. The highest BCUT2D eigenvalue weighted by molar-refractivity contribution is 5.90. The van der Waals surface area contributed by atoms with Crippen LogP contribution in [0.15, 0.2) is 54.9 Å². The molecule has 1 aliphatic heterocycles. The van der Waals surface area contributed by atoms with Crippen LogP contribution >= 0.6 is 0 Å². The third-order valence-electron chi connectivity index (χ3n) is 5.70. The lowest BCUT2D eigenvalue weighted by Gasteiger charge is -2.34. The van der Waals surface area contributed by atoms with E-state index in [1.165, 1.54) is 23.3 Å². The third-order valence-corrected chi connectivity index (χ3v) is 5.70. The van der Waals surface area contributed by atoms with Crippen molar-refractivity contribution in [2.75, 3.05) is 6.54 Å². The molecule has 0 saturated carbocycles. The first kappa shape index (κ1) is 23.1. The first-order valence-corrected chi connectivity index (χ1v) is 10.3. The number of amides is 2. The van der Waals surface area contributed by atoms with E-state index in [0.717, 1.165) is 12.1 Å². The van der Waals surface area contributed by atoms with Crippen LogP contribution < -0.4 is 11.5 Å². The topological polar surface area (TPSA) is 129 Å². The largest absolute Gasteiger partial charge is 0.404 e. The fraction of sp³-hybridized carbons (Fsp3) is 0.217. The fourth-order valence-corrected chi connectivity index (χ4v) is 3.84. The smallest absolute Gasteiger partial charge is 0.267 e. The van der Waals surface area contributed by atoms with Crippen LogP contribution in [-0.4, -0.2) is 44.2 Å². The molecule has 0 aliphatic carbocycles. The lowest BCUT2D eigenvalue weighted by molar-refractivity contribution is -0.140. The van der Waals surface area contributed by atoms with Crippen molar-refractivity contribution in [3.05, 3.63) is 89.0 Å². The Kier molecular flexibility index (Phi) is 5.88. The Morgan fingerprint density at radius 2 is 1.97 bits per heavy atom. The van der Waals surface area contributed by atoms with Gasteiger partial charge in [-0.2, -0.15) is 5.10 Å². The summed E-state index contributed by atoms with van der Waals surface area (Å²) in [6, 6.07) is 6.83. The van der Waals surface area contributed by atoms with E-state index >= 15 is 0 Å². The number of aromatic nitrogens is 3. The number of hydroxylamine groups is 2. The van der Waals surface area contributed by atoms with Gasteiger partial charge in [0.1, 0.15) is 23.4 Å². The van der Waals surface area contributed by atoms with E-state index in [1.807, 2.05) is 6.92 Å². The first-order chi connectivity index (χ1) is 16.1. The van der Waals surface area contributed by atoms with E-state index in [1.54, 1.807) is 36.3 Å². The van der Waals surface area contributed by atoms with Crippen molar-refractivity contribution in [2.24, 2.45) is 18.5 Å². The zero-order chi connectivity index (χ0) is 24.6. The third kappa shape index (κ3) is 4.25. The summed E-state index contributed by atoms with van der Waals surface area (Å²) < 4.78 is 29.4. The van der Waals surface area contributed by atoms with Crippen LogP contribution in [0.4, 0.5) is 8.78 Å². The van der Waals surface area contributed by atoms with Gasteiger partial charge < -0.3 is 16.3 Å². The summed E-state index contributed by atoms with van der Waals surface area (Å²) in [5.41, 5.74) is 11.3. The van der Waals surface area contributed by atoms with Gasteiger partial charge in [-0.25, -0.2) is 13.8 Å². The molecule has 0 spiro atoms. The summed E-state index contributed by atoms with van der Waals surface area (Å²) >= 11 is 0. The Morgan fingerprint density at radius 3 is 2.59 bits per heavy atom. The van der Waals surface area contributed by atoms with Gasteiger partial charge in [-0.3, -0.25) is 14.3 Å². The minimum atomic E-state index is -1.05. The van der Waals surface area contributed by atoms with Crippen LogP contribution in [0, 0.1) is 11.6 Å². The van der Waals surface area contributed by atoms with Gasteiger partial charge in [-0.05, 0) is 37.3 Å². The number of primary amides is 2. The van der Waals surface area contributed by atoms with Crippen LogP contribution in [0.1, 0.15) is 34.2 Å². The van der Waals surface area contributed by atoms with Crippen molar-refractivity contribution in [1.29, 1.82) is 0 Å². The Labute approximate surface area is 193 Å².